The van der Waals surface area contributed by atoms with Gasteiger partial charge in [-0.3, -0.25) is 14.8 Å². The van der Waals surface area contributed by atoms with Gasteiger partial charge in [0, 0.05) is 19.3 Å². The standard InChI is InChI=1S/C27H31FN4O6S/c1-18-12-13-21(28)15-25(18)39(37,38)32(17-26(34)31(3)36)16-24(33)23(14-20-9-5-4-6-10-20)30-27(35)22-11-7-8-19(2)29-22/h4-13,15,23-24,33,36H,14,16-17H2,1-3H3,(H,30,35). The number of aliphatic hydroxyl groups excluding tert-OH is 1. The highest BCUT2D eigenvalue weighted by molar-refractivity contribution is 7.89. The van der Waals surface area contributed by atoms with E-state index >= 15 is 0 Å². The van der Waals surface area contributed by atoms with Gasteiger partial charge in [0.05, 0.1) is 23.6 Å². The number of aryl methyl sites for hydroxylation is 2. The molecule has 0 fully saturated rings. The minimum absolute atomic E-state index is 0.109. The highest BCUT2D eigenvalue weighted by Crippen LogP contribution is 2.22. The van der Waals surface area contributed by atoms with Crippen LogP contribution in [0.3, 0.4) is 0 Å². The normalized spacial score (nSPS) is 13.1. The number of hydroxylamine groups is 2. The Hall–Kier alpha value is -3.71. The summed E-state index contributed by atoms with van der Waals surface area (Å²) < 4.78 is 41.8. The van der Waals surface area contributed by atoms with E-state index < -0.39 is 57.8 Å². The van der Waals surface area contributed by atoms with Crippen LogP contribution in [0.4, 0.5) is 4.39 Å². The maximum absolute atomic E-state index is 14.0. The smallest absolute Gasteiger partial charge is 0.270 e. The number of sulfonamides is 1. The number of aromatic nitrogens is 1. The van der Waals surface area contributed by atoms with E-state index in [1.807, 2.05) is 0 Å². The molecular formula is C27H31FN4O6S. The Balaban J connectivity index is 1.96. The molecule has 3 rings (SSSR count). The van der Waals surface area contributed by atoms with Crippen LogP contribution in [0.25, 0.3) is 0 Å². The van der Waals surface area contributed by atoms with Crippen molar-refractivity contribution in [1.29, 1.82) is 0 Å². The van der Waals surface area contributed by atoms with Gasteiger partial charge in [0.25, 0.3) is 11.8 Å². The maximum atomic E-state index is 14.0. The van der Waals surface area contributed by atoms with Crippen LogP contribution in [0.2, 0.25) is 0 Å². The lowest BCUT2D eigenvalue weighted by Gasteiger charge is -2.30. The molecule has 0 spiro atoms. The summed E-state index contributed by atoms with van der Waals surface area (Å²) in [7, 11) is -3.49. The first kappa shape index (κ1) is 29.8. The molecule has 1 aromatic heterocycles. The van der Waals surface area contributed by atoms with E-state index in [1.165, 1.54) is 19.1 Å². The highest BCUT2D eigenvalue weighted by Gasteiger charge is 2.34. The molecule has 3 aromatic rings. The Bertz CT molecular complexity index is 1420. The van der Waals surface area contributed by atoms with Crippen molar-refractivity contribution in [2.45, 2.75) is 37.3 Å². The number of amides is 2. The third-order valence-electron chi connectivity index (χ3n) is 6.03. The van der Waals surface area contributed by atoms with Gasteiger partial charge in [-0.15, -0.1) is 0 Å². The zero-order valence-corrected chi connectivity index (χ0v) is 22.6. The molecule has 208 valence electrons. The molecule has 2 aromatic carbocycles. The summed E-state index contributed by atoms with van der Waals surface area (Å²) >= 11 is 0. The molecule has 0 aliphatic heterocycles. The molecule has 2 atom stereocenters. The number of carbonyl (C=O) groups excluding carboxylic acids is 2. The first-order valence-electron chi connectivity index (χ1n) is 12.1. The number of carbonyl (C=O) groups is 2. The topological polar surface area (TPSA) is 140 Å². The molecule has 0 saturated carbocycles. The molecule has 39 heavy (non-hydrogen) atoms. The third-order valence-corrected chi connectivity index (χ3v) is 7.99. The van der Waals surface area contributed by atoms with Crippen LogP contribution in [0.1, 0.15) is 27.3 Å². The number of pyridine rings is 1. The monoisotopic (exact) mass is 558 g/mol. The minimum atomic E-state index is -4.52. The van der Waals surface area contributed by atoms with Gasteiger partial charge in [0.1, 0.15) is 11.5 Å². The molecule has 1 heterocycles. The third kappa shape index (κ3) is 7.90. The lowest BCUT2D eigenvalue weighted by atomic mass is 10.0. The average molecular weight is 559 g/mol. The fraction of sp³-hybridized carbons (Fsp3) is 0.296. The molecule has 2 amide bonds. The summed E-state index contributed by atoms with van der Waals surface area (Å²) in [4.78, 5) is 29.2. The lowest BCUT2D eigenvalue weighted by molar-refractivity contribution is -0.159. The van der Waals surface area contributed by atoms with Gasteiger partial charge in [-0.05, 0) is 55.7 Å². The number of rotatable bonds is 11. The summed E-state index contributed by atoms with van der Waals surface area (Å²) in [5.74, 6) is -2.36. The second-order valence-electron chi connectivity index (χ2n) is 9.13. The van der Waals surface area contributed by atoms with Crippen molar-refractivity contribution in [3.8, 4) is 0 Å². The van der Waals surface area contributed by atoms with Crippen LogP contribution >= 0.6 is 0 Å². The van der Waals surface area contributed by atoms with E-state index in [0.717, 1.165) is 24.7 Å². The van der Waals surface area contributed by atoms with E-state index in [1.54, 1.807) is 49.4 Å². The lowest BCUT2D eigenvalue weighted by Crippen LogP contribution is -2.52. The van der Waals surface area contributed by atoms with Crippen LogP contribution in [0.5, 0.6) is 0 Å². The van der Waals surface area contributed by atoms with Crippen molar-refractivity contribution in [1.82, 2.24) is 19.7 Å². The predicted molar refractivity (Wildman–Crippen MR) is 141 cm³/mol. The molecule has 3 N–H and O–H groups in total. The molecule has 0 bridgehead atoms. The van der Waals surface area contributed by atoms with Gasteiger partial charge >= 0.3 is 0 Å². The summed E-state index contributed by atoms with van der Waals surface area (Å²) in [6, 6.07) is 16.0. The van der Waals surface area contributed by atoms with Gasteiger partial charge in [-0.2, -0.15) is 4.31 Å². The van der Waals surface area contributed by atoms with Crippen LogP contribution < -0.4 is 5.32 Å². The fourth-order valence-electron chi connectivity index (χ4n) is 3.89. The maximum Gasteiger partial charge on any atom is 0.270 e. The van der Waals surface area contributed by atoms with Crippen molar-refractivity contribution in [3.05, 3.63) is 95.1 Å². The van der Waals surface area contributed by atoms with Gasteiger partial charge in [0.15, 0.2) is 0 Å². The summed E-state index contributed by atoms with van der Waals surface area (Å²) in [6.45, 7) is 1.71. The minimum Gasteiger partial charge on any atom is -0.390 e. The summed E-state index contributed by atoms with van der Waals surface area (Å²) in [6.07, 6.45) is -1.39. The van der Waals surface area contributed by atoms with Gasteiger partial charge in [-0.25, -0.2) is 22.9 Å². The Kier molecular flexibility index (Phi) is 9.86. The van der Waals surface area contributed by atoms with Crippen molar-refractivity contribution in [3.63, 3.8) is 0 Å². The molecule has 12 heteroatoms. The first-order chi connectivity index (χ1) is 18.4. The van der Waals surface area contributed by atoms with E-state index in [2.05, 4.69) is 10.3 Å². The van der Waals surface area contributed by atoms with E-state index in [-0.39, 0.29) is 22.7 Å². The number of aliphatic hydroxyl groups is 1. The number of nitrogens with zero attached hydrogens (tertiary/aromatic N) is 3. The molecule has 10 nitrogen and oxygen atoms in total. The Morgan fingerprint density at radius 2 is 1.74 bits per heavy atom. The predicted octanol–water partition coefficient (Wildman–Crippen LogP) is 2.08. The van der Waals surface area contributed by atoms with Gasteiger partial charge in [-0.1, -0.05) is 42.5 Å². The quantitative estimate of drug-likeness (QED) is 0.242. The molecular weight excluding hydrogens is 527 g/mol. The first-order valence-corrected chi connectivity index (χ1v) is 13.5. The zero-order valence-electron chi connectivity index (χ0n) is 21.8. The summed E-state index contributed by atoms with van der Waals surface area (Å²) in [5, 5.41) is 23.8. The summed E-state index contributed by atoms with van der Waals surface area (Å²) in [5.41, 5.74) is 1.69. The molecule has 2 unspecified atom stereocenters. The number of likely N-dealkylation sites (N-methyl/N-ethyl adjacent to an activating group) is 1. The number of hydrogen-bond donors (Lipinski definition) is 3. The van der Waals surface area contributed by atoms with E-state index in [4.69, 9.17) is 0 Å². The number of benzene rings is 2. The van der Waals surface area contributed by atoms with Gasteiger partial charge in [0.2, 0.25) is 10.0 Å². The van der Waals surface area contributed by atoms with Crippen molar-refractivity contribution in [2.75, 3.05) is 20.1 Å². The molecule has 0 aliphatic rings. The largest absolute Gasteiger partial charge is 0.390 e. The molecule has 0 radical (unpaired) electrons. The van der Waals surface area contributed by atoms with Crippen LogP contribution in [0, 0.1) is 19.7 Å². The Morgan fingerprint density at radius 3 is 2.38 bits per heavy atom. The Morgan fingerprint density at radius 1 is 1.05 bits per heavy atom. The fourth-order valence-corrected chi connectivity index (χ4v) is 5.53. The highest BCUT2D eigenvalue weighted by atomic mass is 32.2. The SMILES string of the molecule is Cc1cccc(C(=O)NC(Cc2ccccc2)C(O)CN(CC(=O)N(C)O)S(=O)(=O)c2cc(F)ccc2C)n1. The van der Waals surface area contributed by atoms with Crippen molar-refractivity contribution in [2.24, 2.45) is 0 Å². The van der Waals surface area contributed by atoms with Crippen LogP contribution in [0.15, 0.2) is 71.6 Å². The van der Waals surface area contributed by atoms with Crippen molar-refractivity contribution >= 4 is 21.8 Å². The second kappa shape index (κ2) is 12.9. The second-order valence-corrected chi connectivity index (χ2v) is 11.0. The number of hydrogen-bond acceptors (Lipinski definition) is 7. The molecule has 0 aliphatic carbocycles. The average Bonchev–Trinajstić information content (AvgIpc) is 2.89. The van der Waals surface area contributed by atoms with E-state index in [0.29, 0.717) is 10.00 Å². The molecule has 0 saturated heterocycles. The van der Waals surface area contributed by atoms with Gasteiger partial charge < -0.3 is 10.4 Å². The zero-order chi connectivity index (χ0) is 28.7. The number of halogens is 1. The van der Waals surface area contributed by atoms with E-state index in [9.17, 15) is 32.7 Å². The van der Waals surface area contributed by atoms with Crippen LogP contribution in [-0.4, -0.2) is 77.2 Å². The van der Waals surface area contributed by atoms with Crippen molar-refractivity contribution < 1.29 is 32.7 Å². The van der Waals surface area contributed by atoms with Crippen LogP contribution in [-0.2, 0) is 21.2 Å². The Labute approximate surface area is 226 Å². The number of nitrogens with one attached hydrogen (secondary N) is 1.